The van der Waals surface area contributed by atoms with Crippen molar-refractivity contribution in [3.8, 4) is 22.8 Å². The van der Waals surface area contributed by atoms with Gasteiger partial charge in [0.15, 0.2) is 11.0 Å². The topological polar surface area (TPSA) is 80.1 Å². The van der Waals surface area contributed by atoms with Gasteiger partial charge in [-0.3, -0.25) is 4.57 Å². The lowest BCUT2D eigenvalue weighted by molar-refractivity contribution is -0.305. The molecule has 0 aliphatic carbocycles. The van der Waals surface area contributed by atoms with Crippen LogP contribution in [0.15, 0.2) is 59.8 Å². The highest BCUT2D eigenvalue weighted by atomic mass is 32.2. The molecule has 1 aromatic heterocycles. The average molecular weight is 354 g/mol. The number of aromatic nitrogens is 3. The number of nitrogens with zero attached hydrogens (tertiary/aromatic N) is 3. The van der Waals surface area contributed by atoms with Crippen molar-refractivity contribution in [2.75, 3.05) is 12.9 Å². The molecule has 3 aromatic rings. The lowest BCUT2D eigenvalue weighted by Gasteiger charge is -2.10. The van der Waals surface area contributed by atoms with E-state index >= 15 is 0 Å². The van der Waals surface area contributed by atoms with Crippen LogP contribution < -0.4 is 9.84 Å². The number of hydrogen-bond acceptors (Lipinski definition) is 6. The molecule has 0 saturated carbocycles. The molecule has 0 amide bonds. The van der Waals surface area contributed by atoms with Gasteiger partial charge in [0.05, 0.1) is 7.11 Å². The first-order valence-corrected chi connectivity index (χ1v) is 8.65. The van der Waals surface area contributed by atoms with Crippen LogP contribution in [0.3, 0.4) is 0 Å². The highest BCUT2D eigenvalue weighted by molar-refractivity contribution is 7.99. The van der Waals surface area contributed by atoms with Crippen LogP contribution in [0.2, 0.25) is 0 Å². The summed E-state index contributed by atoms with van der Waals surface area (Å²) >= 11 is 1.34. The van der Waals surface area contributed by atoms with Crippen LogP contribution >= 0.6 is 11.8 Å². The summed E-state index contributed by atoms with van der Waals surface area (Å²) in [5.41, 5.74) is 1.80. The summed E-state index contributed by atoms with van der Waals surface area (Å²) in [7, 11) is 1.62. The molecule has 0 radical (unpaired) electrons. The van der Waals surface area contributed by atoms with Crippen molar-refractivity contribution in [3.63, 3.8) is 0 Å². The number of hydrogen-bond donors (Lipinski definition) is 0. The summed E-state index contributed by atoms with van der Waals surface area (Å²) < 4.78 is 7.11. The van der Waals surface area contributed by atoms with Crippen molar-refractivity contribution in [3.05, 3.63) is 54.6 Å². The van der Waals surface area contributed by atoms with E-state index in [0.717, 1.165) is 17.0 Å². The highest BCUT2D eigenvalue weighted by Gasteiger charge is 2.16. The third-order valence-corrected chi connectivity index (χ3v) is 4.46. The number of benzene rings is 2. The molecule has 0 atom stereocenters. The van der Waals surface area contributed by atoms with Crippen LogP contribution in [-0.2, 0) is 4.79 Å². The van der Waals surface area contributed by atoms with E-state index < -0.39 is 5.97 Å². The minimum absolute atomic E-state index is 0.0375. The van der Waals surface area contributed by atoms with Gasteiger partial charge in [0.1, 0.15) is 5.75 Å². The third-order valence-electron chi connectivity index (χ3n) is 3.53. The highest BCUT2D eigenvalue weighted by Crippen LogP contribution is 2.29. The number of thioether (sulfide) groups is 1. The molecule has 0 spiro atoms. The van der Waals surface area contributed by atoms with Crippen molar-refractivity contribution in [1.82, 2.24) is 14.8 Å². The molecular formula is C18H16N3O3S-. The quantitative estimate of drug-likeness (QED) is 0.605. The summed E-state index contributed by atoms with van der Waals surface area (Å²) in [4.78, 5) is 10.7. The maximum absolute atomic E-state index is 10.7. The number of ether oxygens (including phenoxy) is 1. The van der Waals surface area contributed by atoms with Crippen LogP contribution in [0.1, 0.15) is 6.42 Å². The zero-order valence-corrected chi connectivity index (χ0v) is 14.4. The Balaban J connectivity index is 1.99. The Hall–Kier alpha value is -2.80. The van der Waals surface area contributed by atoms with Gasteiger partial charge >= 0.3 is 0 Å². The standard InChI is InChI=1S/C18H17N3O3S/c1-24-15-9-7-13(8-10-15)17-19-20-18(25-12-11-16(22)23)21(17)14-5-3-2-4-6-14/h2-10H,11-12H2,1H3,(H,22,23)/p-1. The van der Waals surface area contributed by atoms with Crippen LogP contribution in [0.25, 0.3) is 17.1 Å². The minimum Gasteiger partial charge on any atom is -0.550 e. The molecule has 0 fully saturated rings. The van der Waals surface area contributed by atoms with Crippen LogP contribution in [0, 0.1) is 0 Å². The van der Waals surface area contributed by atoms with Crippen LogP contribution in [0.5, 0.6) is 5.75 Å². The second kappa shape index (κ2) is 7.85. The van der Waals surface area contributed by atoms with Gasteiger partial charge in [-0.2, -0.15) is 0 Å². The summed E-state index contributed by atoms with van der Waals surface area (Å²) in [6, 6.07) is 17.3. The van der Waals surface area contributed by atoms with Gasteiger partial charge in [-0.25, -0.2) is 0 Å². The Bertz CT molecular complexity index is 848. The Morgan fingerprint density at radius 3 is 2.48 bits per heavy atom. The zero-order valence-electron chi connectivity index (χ0n) is 13.6. The number of carboxylic acid groups (broad SMARTS) is 1. The smallest absolute Gasteiger partial charge is 0.196 e. The van der Waals surface area contributed by atoms with Crippen molar-refractivity contribution in [2.45, 2.75) is 11.6 Å². The number of methoxy groups -OCH3 is 1. The minimum atomic E-state index is -1.08. The van der Waals surface area contributed by atoms with E-state index in [0.29, 0.717) is 16.7 Å². The summed E-state index contributed by atoms with van der Waals surface area (Å²) in [5, 5.41) is 19.8. The first kappa shape index (κ1) is 17.0. The van der Waals surface area contributed by atoms with Gasteiger partial charge in [-0.1, -0.05) is 30.0 Å². The molecular weight excluding hydrogens is 338 g/mol. The van der Waals surface area contributed by atoms with Crippen molar-refractivity contribution >= 4 is 17.7 Å². The van der Waals surface area contributed by atoms with E-state index in [2.05, 4.69) is 10.2 Å². The maximum atomic E-state index is 10.7. The molecule has 7 heteroatoms. The molecule has 0 bridgehead atoms. The molecule has 0 saturated heterocycles. The lowest BCUT2D eigenvalue weighted by Crippen LogP contribution is -2.22. The molecule has 0 unspecified atom stereocenters. The maximum Gasteiger partial charge on any atom is 0.196 e. The van der Waals surface area contributed by atoms with Gasteiger partial charge in [0, 0.05) is 23.0 Å². The van der Waals surface area contributed by atoms with E-state index in [1.54, 1.807) is 7.11 Å². The molecule has 2 aromatic carbocycles. The normalized spacial score (nSPS) is 10.6. The number of carboxylic acids is 1. The fraction of sp³-hybridized carbons (Fsp3) is 0.167. The number of para-hydroxylation sites is 1. The fourth-order valence-corrected chi connectivity index (χ4v) is 3.20. The predicted octanol–water partition coefficient (Wildman–Crippen LogP) is 2.17. The van der Waals surface area contributed by atoms with E-state index in [1.165, 1.54) is 11.8 Å². The van der Waals surface area contributed by atoms with Crippen molar-refractivity contribution in [2.24, 2.45) is 0 Å². The van der Waals surface area contributed by atoms with E-state index in [1.807, 2.05) is 59.2 Å². The van der Waals surface area contributed by atoms with Gasteiger partial charge in [0.2, 0.25) is 0 Å². The van der Waals surface area contributed by atoms with Gasteiger partial charge < -0.3 is 14.6 Å². The van der Waals surface area contributed by atoms with Gasteiger partial charge in [-0.15, -0.1) is 10.2 Å². The molecule has 3 rings (SSSR count). The molecule has 0 N–H and O–H groups in total. The second-order valence-electron chi connectivity index (χ2n) is 5.18. The first-order valence-electron chi connectivity index (χ1n) is 7.67. The molecule has 128 valence electrons. The van der Waals surface area contributed by atoms with Crippen molar-refractivity contribution < 1.29 is 14.6 Å². The molecule has 0 aliphatic rings. The number of rotatable bonds is 7. The summed E-state index contributed by atoms with van der Waals surface area (Å²) in [6.07, 6.45) is -0.0375. The lowest BCUT2D eigenvalue weighted by atomic mass is 10.2. The van der Waals surface area contributed by atoms with Crippen molar-refractivity contribution in [1.29, 1.82) is 0 Å². The molecule has 25 heavy (non-hydrogen) atoms. The zero-order chi connectivity index (χ0) is 17.6. The largest absolute Gasteiger partial charge is 0.550 e. The third kappa shape index (κ3) is 4.00. The number of aliphatic carboxylic acids is 1. The summed E-state index contributed by atoms with van der Waals surface area (Å²) in [6.45, 7) is 0. The Kier molecular flexibility index (Phi) is 5.35. The monoisotopic (exact) mass is 354 g/mol. The van der Waals surface area contributed by atoms with E-state index in [-0.39, 0.29) is 6.42 Å². The number of carbonyl (C=O) groups is 1. The van der Waals surface area contributed by atoms with Crippen LogP contribution in [-0.4, -0.2) is 33.6 Å². The Labute approximate surface area is 149 Å². The predicted molar refractivity (Wildman–Crippen MR) is 93.7 cm³/mol. The number of carbonyl (C=O) groups excluding carboxylic acids is 1. The Morgan fingerprint density at radius 1 is 1.12 bits per heavy atom. The Morgan fingerprint density at radius 2 is 1.84 bits per heavy atom. The van der Waals surface area contributed by atoms with Gasteiger partial charge in [0.25, 0.3) is 0 Å². The van der Waals surface area contributed by atoms with Crippen LogP contribution in [0.4, 0.5) is 0 Å². The average Bonchev–Trinajstić information content (AvgIpc) is 3.06. The molecule has 0 aliphatic heterocycles. The fourth-order valence-electron chi connectivity index (χ4n) is 2.33. The van der Waals surface area contributed by atoms with E-state index in [4.69, 9.17) is 4.74 Å². The molecule has 1 heterocycles. The molecule has 6 nitrogen and oxygen atoms in total. The second-order valence-corrected chi connectivity index (χ2v) is 6.24. The summed E-state index contributed by atoms with van der Waals surface area (Å²) in [5.74, 6) is 0.743. The first-order chi connectivity index (χ1) is 12.2. The van der Waals surface area contributed by atoms with E-state index in [9.17, 15) is 9.90 Å². The SMILES string of the molecule is COc1ccc(-c2nnc(SCCC(=O)[O-])n2-c2ccccc2)cc1. The van der Waals surface area contributed by atoms with Gasteiger partial charge in [-0.05, 0) is 42.8 Å².